The highest BCUT2D eigenvalue weighted by molar-refractivity contribution is 5.01. The highest BCUT2D eigenvalue weighted by atomic mass is 16.8. The minimum absolute atomic E-state index is 1.05. The highest BCUT2D eigenvalue weighted by Gasteiger charge is 2.59. The smallest absolute Gasteiger partial charge is 0.187 e. The van der Waals surface area contributed by atoms with E-state index >= 15 is 0 Å². The van der Waals surface area contributed by atoms with Crippen LogP contribution in [0.5, 0.6) is 0 Å². The van der Waals surface area contributed by atoms with E-state index in [0.29, 0.717) is 0 Å². The molecule has 35 heteroatoms. The summed E-state index contributed by atoms with van der Waals surface area (Å²) in [5.41, 5.74) is 0. The van der Waals surface area contributed by atoms with Crippen molar-refractivity contribution in [2.24, 2.45) is 0 Å². The Morgan fingerprint density at radius 3 is 0.358 bits per heavy atom. The Labute approximate surface area is 461 Å². The van der Waals surface area contributed by atoms with E-state index in [0.717, 1.165) is 0 Å². The van der Waals surface area contributed by atoms with Gasteiger partial charge in [0.25, 0.3) is 0 Å². The average Bonchev–Trinajstić information content (AvgIpc) is 3.49. The Balaban J connectivity index is 0.00000258. The van der Waals surface area contributed by atoms with E-state index in [2.05, 4.69) is 0 Å². The summed E-state index contributed by atoms with van der Waals surface area (Å²) < 4.78 is 79.5. The third-order valence-electron chi connectivity index (χ3n) is 14.8. The Kier molecular flexibility index (Phi) is 25.9. The maximum absolute atomic E-state index is 11.3. The summed E-state index contributed by atoms with van der Waals surface area (Å²) in [7, 11) is 0. The lowest BCUT2D eigenvalue weighted by atomic mass is 9.95. The van der Waals surface area contributed by atoms with Crippen molar-refractivity contribution < 1.29 is 174 Å². The molecule has 21 rings (SSSR count). The van der Waals surface area contributed by atoms with Gasteiger partial charge in [-0.15, -0.1) is 0 Å². The van der Waals surface area contributed by atoms with Gasteiger partial charge in [0.1, 0.15) is 171 Å². The summed E-state index contributed by atoms with van der Waals surface area (Å²) in [6.45, 7) is 0.673. The van der Waals surface area contributed by atoms with Crippen molar-refractivity contribution in [2.45, 2.75) is 243 Å². The van der Waals surface area contributed by atoms with Crippen LogP contribution in [0.15, 0.2) is 0 Å². The molecule has 0 aromatic heterocycles. The molecule has 21 heterocycles. The minimum atomic E-state index is -2.21. The molecule has 0 spiro atoms. The maximum atomic E-state index is 11.3. The summed E-state index contributed by atoms with van der Waals surface area (Å²) in [6.07, 6.45) is -70.2. The lowest BCUT2D eigenvalue weighted by Gasteiger charge is -2.50. The summed E-state index contributed by atoms with van der Waals surface area (Å²) in [5.74, 6) is 0. The third kappa shape index (κ3) is 14.1. The molecule has 0 radical (unpaired) electrons. The van der Waals surface area contributed by atoms with Gasteiger partial charge in [-0.1, -0.05) is 27.7 Å². The van der Waals surface area contributed by atoms with E-state index in [4.69, 9.17) is 66.3 Å². The van der Waals surface area contributed by atoms with E-state index in [9.17, 15) is 107 Å². The topological polar surface area (TPSA) is 554 Å². The molecule has 35 unspecified atom stereocenters. The minimum Gasteiger partial charge on any atom is -0.394 e. The van der Waals surface area contributed by atoms with Crippen LogP contribution >= 0.6 is 0 Å². The number of aliphatic hydroxyl groups excluding tert-OH is 21. The fraction of sp³-hybridized carbons (Fsp3) is 1.00. The summed E-state index contributed by atoms with van der Waals surface area (Å²) in [4.78, 5) is 0. The number of rotatable bonds is 7. The van der Waals surface area contributed by atoms with E-state index in [1.165, 1.54) is 0 Å². The van der Waals surface area contributed by atoms with Crippen molar-refractivity contribution >= 4 is 0 Å². The molecule has 35 nitrogen and oxygen atoms in total. The van der Waals surface area contributed by atoms with Gasteiger partial charge >= 0.3 is 0 Å². The predicted octanol–water partition coefficient (Wildman–Crippen LogP) is -13.2. The second-order valence-corrected chi connectivity index (χ2v) is 19.7. The molecular weight excluding hydrogens is 1110 g/mol. The van der Waals surface area contributed by atoms with Crippen LogP contribution in [0.3, 0.4) is 0 Å². The quantitative estimate of drug-likeness (QED) is 0.113. The van der Waals surface area contributed by atoms with Crippen molar-refractivity contribution in [3.8, 4) is 0 Å². The van der Waals surface area contributed by atoms with Gasteiger partial charge in [-0.3, -0.25) is 0 Å². The normalized spacial score (nSPS) is 52.8. The van der Waals surface area contributed by atoms with Crippen LogP contribution in [0.1, 0.15) is 27.7 Å². The van der Waals surface area contributed by atoms with Crippen LogP contribution in [0.2, 0.25) is 0 Å². The zero-order valence-corrected chi connectivity index (χ0v) is 44.3. The zero-order chi connectivity index (χ0) is 60.1. The van der Waals surface area contributed by atoms with Gasteiger partial charge in [-0.25, -0.2) is 0 Å². The van der Waals surface area contributed by atoms with Crippen LogP contribution in [0.4, 0.5) is 0 Å². The molecule has 21 aliphatic rings. The van der Waals surface area contributed by atoms with Gasteiger partial charge in [0.2, 0.25) is 0 Å². The first-order valence-electron chi connectivity index (χ1n) is 26.6. The molecule has 21 N–H and O–H groups in total. The summed E-state index contributed by atoms with van der Waals surface area (Å²) in [5, 5.41) is 230. The number of hydrogen-bond donors (Lipinski definition) is 21. The Morgan fingerprint density at radius 1 is 0.173 bits per heavy atom. The SMILES string of the molecule is CC.CC.OCC1OC2OC3C(CO)OC(OC4C(CO)OC(OC5C(CO)OC(OC6C(CO)OC(OC7C(CO)OC(OC8C(CO)OC(OC1C(O)C2O)C(O)C8O)C(O)C7O)C(O)C6O)C(O)C5O)C(O)C4O)C(O)C3O. The number of hydrogen-bond acceptors (Lipinski definition) is 35. The Bertz CT molecular complexity index is 1470. The van der Waals surface area contributed by atoms with E-state index in [1.807, 2.05) is 27.7 Å². The zero-order valence-electron chi connectivity index (χ0n) is 44.3. The Morgan fingerprint density at radius 2 is 0.272 bits per heavy atom. The van der Waals surface area contributed by atoms with Gasteiger partial charge in [0.05, 0.1) is 46.2 Å². The fourth-order valence-electron chi connectivity index (χ4n) is 10.4. The van der Waals surface area contributed by atoms with Crippen LogP contribution in [-0.2, 0) is 66.3 Å². The second kappa shape index (κ2) is 30.5. The lowest BCUT2D eigenvalue weighted by Crippen LogP contribution is -2.68. The molecule has 0 aliphatic carbocycles. The molecule has 21 fully saturated rings. The predicted molar refractivity (Wildman–Crippen MR) is 251 cm³/mol. The van der Waals surface area contributed by atoms with Gasteiger partial charge in [-0.05, 0) is 0 Å². The summed E-state index contributed by atoms with van der Waals surface area (Å²) >= 11 is 0. The van der Waals surface area contributed by atoms with E-state index in [-0.39, 0.29) is 0 Å². The maximum Gasteiger partial charge on any atom is 0.187 e. The number of aliphatic hydroxyl groups is 21. The van der Waals surface area contributed by atoms with Crippen molar-refractivity contribution in [3.05, 3.63) is 0 Å². The van der Waals surface area contributed by atoms with Crippen LogP contribution < -0.4 is 0 Å². The average molecular weight is 1200 g/mol. The first-order valence-corrected chi connectivity index (χ1v) is 26.6. The molecule has 0 amide bonds. The van der Waals surface area contributed by atoms with Crippen molar-refractivity contribution in [2.75, 3.05) is 46.2 Å². The van der Waals surface area contributed by atoms with Crippen molar-refractivity contribution in [1.82, 2.24) is 0 Å². The first kappa shape index (κ1) is 68.7. The van der Waals surface area contributed by atoms with E-state index in [1.54, 1.807) is 0 Å². The van der Waals surface area contributed by atoms with Gasteiger partial charge < -0.3 is 174 Å². The Hall–Kier alpha value is -1.40. The molecule has 14 bridgehead atoms. The molecule has 0 aromatic rings. The molecule has 35 atom stereocenters. The highest BCUT2D eigenvalue weighted by Crippen LogP contribution is 2.39. The second-order valence-electron chi connectivity index (χ2n) is 19.7. The molecular formula is C46H82O35. The van der Waals surface area contributed by atoms with Crippen LogP contribution in [0.25, 0.3) is 0 Å². The van der Waals surface area contributed by atoms with E-state index < -0.39 is 261 Å². The largest absolute Gasteiger partial charge is 0.394 e. The molecule has 21 saturated heterocycles. The van der Waals surface area contributed by atoms with Gasteiger partial charge in [-0.2, -0.15) is 0 Å². The molecule has 0 aromatic carbocycles. The van der Waals surface area contributed by atoms with Crippen LogP contribution in [-0.4, -0.2) is 368 Å². The standard InChI is InChI=1S/C42H70O35.2C2H6/c43-1-8-29-15(50)22(57)36(64-8)72-30-9(2-44)66-38(24(59)17(30)52)74-32-11(4-46)68-40(26(61)19(32)54)76-34-13(6-48)70-42(28(63)21(34)56)77-35-14(7-49)69-41(27(62)20(35)55)75-33-12(5-47)67-39(25(60)18(33)53)73-31-10(3-45)65-37(71-29)23(58)16(31)51;2*1-2/h8-63H,1-7H2;2*1-2H3. The first-order chi connectivity index (χ1) is 38.7. The van der Waals surface area contributed by atoms with Gasteiger partial charge in [0.15, 0.2) is 44.0 Å². The monoisotopic (exact) mass is 1190 g/mol. The third-order valence-corrected chi connectivity index (χ3v) is 14.8. The van der Waals surface area contributed by atoms with Crippen molar-refractivity contribution in [1.29, 1.82) is 0 Å². The van der Waals surface area contributed by atoms with Crippen LogP contribution in [0, 0.1) is 0 Å². The fourth-order valence-corrected chi connectivity index (χ4v) is 10.4. The van der Waals surface area contributed by atoms with Crippen molar-refractivity contribution in [3.63, 3.8) is 0 Å². The molecule has 0 saturated carbocycles. The molecule has 81 heavy (non-hydrogen) atoms. The molecule has 476 valence electrons. The summed E-state index contributed by atoms with van der Waals surface area (Å²) in [6, 6.07) is 0. The molecule has 21 aliphatic heterocycles. The lowest BCUT2D eigenvalue weighted by molar-refractivity contribution is -0.396. The van der Waals surface area contributed by atoms with Gasteiger partial charge in [0, 0.05) is 0 Å². The number of ether oxygens (including phenoxy) is 14.